The number of aliphatic carboxylic acids is 1. The Bertz CT molecular complexity index is 369. The summed E-state index contributed by atoms with van der Waals surface area (Å²) in [7, 11) is 0. The number of ether oxygens (including phenoxy) is 1. The van der Waals surface area contributed by atoms with E-state index in [1.54, 1.807) is 4.90 Å². The highest BCUT2D eigenvalue weighted by atomic mass is 16.6. The number of likely N-dealkylation sites (tertiary alicyclic amines) is 1. The van der Waals surface area contributed by atoms with E-state index in [9.17, 15) is 9.59 Å². The number of carbonyl (C=O) groups is 2. The van der Waals surface area contributed by atoms with Gasteiger partial charge in [0.25, 0.3) is 0 Å². The van der Waals surface area contributed by atoms with Crippen LogP contribution < -0.4 is 0 Å². The van der Waals surface area contributed by atoms with Crippen molar-refractivity contribution >= 4 is 12.1 Å². The average Bonchev–Trinajstić information content (AvgIpc) is 2.23. The molecule has 0 bridgehead atoms. The monoisotopic (exact) mass is 269 g/mol. The van der Waals surface area contributed by atoms with Crippen molar-refractivity contribution < 1.29 is 19.4 Å². The van der Waals surface area contributed by atoms with Crippen molar-refractivity contribution in [2.45, 2.75) is 52.1 Å². The molecule has 0 aromatic rings. The highest BCUT2D eigenvalue weighted by molar-refractivity contribution is 5.71. The second-order valence-corrected chi connectivity index (χ2v) is 6.91. The Hall–Kier alpha value is -1.26. The fraction of sp³-hybridized carbons (Fsp3) is 0.857. The molecule has 1 heterocycles. The van der Waals surface area contributed by atoms with E-state index in [1.165, 1.54) is 0 Å². The maximum atomic E-state index is 11.9. The van der Waals surface area contributed by atoms with E-state index in [4.69, 9.17) is 9.84 Å². The van der Waals surface area contributed by atoms with Crippen molar-refractivity contribution in [2.24, 2.45) is 11.3 Å². The van der Waals surface area contributed by atoms with E-state index in [0.29, 0.717) is 13.1 Å². The van der Waals surface area contributed by atoms with Crippen LogP contribution in [-0.2, 0) is 9.53 Å². The molecule has 5 heteroatoms. The van der Waals surface area contributed by atoms with Crippen LogP contribution in [0.4, 0.5) is 4.79 Å². The molecular formula is C14H23NO4. The Labute approximate surface area is 113 Å². The molecule has 1 saturated heterocycles. The van der Waals surface area contributed by atoms with Gasteiger partial charge in [0.2, 0.25) is 0 Å². The topological polar surface area (TPSA) is 66.8 Å². The second-order valence-electron chi connectivity index (χ2n) is 6.91. The van der Waals surface area contributed by atoms with Gasteiger partial charge in [-0.05, 0) is 51.9 Å². The molecule has 1 amide bonds. The molecule has 1 aliphatic heterocycles. The maximum Gasteiger partial charge on any atom is 0.410 e. The summed E-state index contributed by atoms with van der Waals surface area (Å²) < 4.78 is 5.35. The first-order valence-corrected chi connectivity index (χ1v) is 6.92. The molecule has 1 N–H and O–H groups in total. The Morgan fingerprint density at radius 2 is 1.74 bits per heavy atom. The van der Waals surface area contributed by atoms with Gasteiger partial charge in [-0.2, -0.15) is 0 Å². The van der Waals surface area contributed by atoms with E-state index in [0.717, 1.165) is 25.7 Å². The lowest BCUT2D eigenvalue weighted by atomic mass is 9.57. The number of hydrogen-bond donors (Lipinski definition) is 1. The second kappa shape index (κ2) is 4.69. The predicted molar refractivity (Wildman–Crippen MR) is 69.8 cm³/mol. The summed E-state index contributed by atoms with van der Waals surface area (Å²) in [5.74, 6) is -0.853. The van der Waals surface area contributed by atoms with Gasteiger partial charge in [-0.3, -0.25) is 4.79 Å². The van der Waals surface area contributed by atoms with Gasteiger partial charge in [-0.25, -0.2) is 4.79 Å². The zero-order valence-electron chi connectivity index (χ0n) is 11.9. The minimum atomic E-state index is -0.680. The molecule has 0 aromatic carbocycles. The average molecular weight is 269 g/mol. The quantitative estimate of drug-likeness (QED) is 0.794. The Kier molecular flexibility index (Phi) is 3.49. The van der Waals surface area contributed by atoms with Gasteiger partial charge < -0.3 is 14.7 Å². The summed E-state index contributed by atoms with van der Waals surface area (Å²) in [5.41, 5.74) is -0.293. The van der Waals surface area contributed by atoms with E-state index < -0.39 is 11.6 Å². The molecule has 19 heavy (non-hydrogen) atoms. The third-order valence-corrected chi connectivity index (χ3v) is 4.18. The number of carboxylic acids is 1. The lowest BCUT2D eigenvalue weighted by Gasteiger charge is -2.50. The van der Waals surface area contributed by atoms with Crippen LogP contribution in [0.25, 0.3) is 0 Å². The van der Waals surface area contributed by atoms with Crippen molar-refractivity contribution in [1.82, 2.24) is 4.90 Å². The number of amides is 1. The Morgan fingerprint density at radius 1 is 1.21 bits per heavy atom. The molecule has 0 aromatic heterocycles. The zero-order chi connectivity index (χ0) is 14.3. The molecule has 1 spiro atoms. The fourth-order valence-electron chi connectivity index (χ4n) is 3.06. The van der Waals surface area contributed by atoms with Gasteiger partial charge in [0.05, 0.1) is 5.92 Å². The van der Waals surface area contributed by atoms with Gasteiger partial charge in [0, 0.05) is 13.1 Å². The van der Waals surface area contributed by atoms with Crippen LogP contribution in [-0.4, -0.2) is 40.8 Å². The highest BCUT2D eigenvalue weighted by Crippen LogP contribution is 2.52. The third-order valence-electron chi connectivity index (χ3n) is 4.18. The molecule has 0 unspecified atom stereocenters. The first-order valence-electron chi connectivity index (χ1n) is 6.92. The van der Waals surface area contributed by atoms with Crippen molar-refractivity contribution in [3.05, 3.63) is 0 Å². The first-order chi connectivity index (χ1) is 8.71. The normalized spacial score (nSPS) is 23.0. The SMILES string of the molecule is CC(C)(C)OC(=O)N1CCC2(CC1)CC(C(=O)O)C2. The van der Waals surface area contributed by atoms with E-state index in [-0.39, 0.29) is 17.4 Å². The summed E-state index contributed by atoms with van der Waals surface area (Å²) in [4.78, 5) is 24.5. The molecule has 0 radical (unpaired) electrons. The van der Waals surface area contributed by atoms with E-state index in [1.807, 2.05) is 20.8 Å². The molecule has 0 atom stereocenters. The summed E-state index contributed by atoms with van der Waals surface area (Å²) in [6.07, 6.45) is 3.08. The highest BCUT2D eigenvalue weighted by Gasteiger charge is 2.49. The third kappa shape index (κ3) is 3.19. The summed E-state index contributed by atoms with van der Waals surface area (Å²) in [6.45, 7) is 6.95. The van der Waals surface area contributed by atoms with Crippen molar-refractivity contribution in [2.75, 3.05) is 13.1 Å². The number of carboxylic acid groups (broad SMARTS) is 1. The van der Waals surface area contributed by atoms with Gasteiger partial charge in [0.15, 0.2) is 0 Å². The van der Waals surface area contributed by atoms with Crippen LogP contribution in [0.15, 0.2) is 0 Å². The van der Waals surface area contributed by atoms with Crippen LogP contribution in [0.2, 0.25) is 0 Å². The van der Waals surface area contributed by atoms with Crippen molar-refractivity contribution in [3.63, 3.8) is 0 Å². The van der Waals surface area contributed by atoms with E-state index >= 15 is 0 Å². The van der Waals surface area contributed by atoms with Crippen LogP contribution >= 0.6 is 0 Å². The zero-order valence-corrected chi connectivity index (χ0v) is 11.9. The largest absolute Gasteiger partial charge is 0.481 e. The molecule has 2 aliphatic rings. The minimum absolute atomic E-state index is 0.168. The molecule has 1 saturated carbocycles. The van der Waals surface area contributed by atoms with Gasteiger partial charge in [0.1, 0.15) is 5.60 Å². The van der Waals surface area contributed by atoms with Gasteiger partial charge in [-0.15, -0.1) is 0 Å². The van der Waals surface area contributed by atoms with Crippen LogP contribution in [0, 0.1) is 11.3 Å². The number of hydrogen-bond acceptors (Lipinski definition) is 3. The number of piperidine rings is 1. The van der Waals surface area contributed by atoms with Gasteiger partial charge in [-0.1, -0.05) is 0 Å². The molecular weight excluding hydrogens is 246 g/mol. The number of nitrogens with zero attached hydrogens (tertiary/aromatic N) is 1. The molecule has 1 aliphatic carbocycles. The van der Waals surface area contributed by atoms with E-state index in [2.05, 4.69) is 0 Å². The standard InChI is InChI=1S/C14H23NO4/c1-13(2,3)19-12(18)15-6-4-14(5-7-15)8-10(9-14)11(16)17/h10H,4-9H2,1-3H3,(H,16,17). The molecule has 2 fully saturated rings. The Balaban J connectivity index is 1.81. The van der Waals surface area contributed by atoms with Gasteiger partial charge >= 0.3 is 12.1 Å². The summed E-state index contributed by atoms with van der Waals surface area (Å²) in [6, 6.07) is 0. The smallest absolute Gasteiger partial charge is 0.410 e. The lowest BCUT2D eigenvalue weighted by Crippen LogP contribution is -2.51. The molecule has 2 rings (SSSR count). The molecule has 108 valence electrons. The maximum absolute atomic E-state index is 11.9. The number of rotatable bonds is 1. The van der Waals surface area contributed by atoms with Crippen LogP contribution in [0.1, 0.15) is 46.5 Å². The van der Waals surface area contributed by atoms with Crippen LogP contribution in [0.5, 0.6) is 0 Å². The Morgan fingerprint density at radius 3 is 2.16 bits per heavy atom. The first kappa shape index (κ1) is 14.2. The minimum Gasteiger partial charge on any atom is -0.481 e. The van der Waals surface area contributed by atoms with Crippen molar-refractivity contribution in [1.29, 1.82) is 0 Å². The predicted octanol–water partition coefficient (Wildman–Crippen LogP) is 2.50. The van der Waals surface area contributed by atoms with Crippen LogP contribution in [0.3, 0.4) is 0 Å². The summed E-state index contributed by atoms with van der Waals surface area (Å²) >= 11 is 0. The van der Waals surface area contributed by atoms with Crippen molar-refractivity contribution in [3.8, 4) is 0 Å². The summed E-state index contributed by atoms with van der Waals surface area (Å²) in [5, 5.41) is 8.93. The fourth-order valence-corrected chi connectivity index (χ4v) is 3.06. The lowest BCUT2D eigenvalue weighted by molar-refractivity contribution is -0.152. The molecule has 5 nitrogen and oxygen atoms in total. The number of carbonyl (C=O) groups excluding carboxylic acids is 1.